The van der Waals surface area contributed by atoms with E-state index in [1.54, 1.807) is 0 Å². The largest absolute Gasteiger partial charge is 0.493 e. The van der Waals surface area contributed by atoms with Gasteiger partial charge in [0, 0.05) is 31.2 Å². The number of likely N-dealkylation sites (N-methyl/N-ethyl adjacent to an activating group) is 1. The van der Waals surface area contributed by atoms with Crippen molar-refractivity contribution < 1.29 is 9.84 Å². The van der Waals surface area contributed by atoms with Gasteiger partial charge in [-0.2, -0.15) is 0 Å². The fourth-order valence-corrected chi connectivity index (χ4v) is 3.79. The third kappa shape index (κ3) is 3.29. The molecule has 2 aliphatic rings. The average Bonchev–Trinajstić information content (AvgIpc) is 2.68. The lowest BCUT2D eigenvalue weighted by Crippen LogP contribution is -2.43. The highest BCUT2D eigenvalue weighted by molar-refractivity contribution is 5.46. The number of aryl methyl sites for hydroxylation is 2. The molecule has 1 saturated heterocycles. The Morgan fingerprint density at radius 2 is 2.23 bits per heavy atom. The minimum Gasteiger partial charge on any atom is -0.493 e. The molecular formula is C18H28N2O2. The maximum atomic E-state index is 10.7. The molecule has 4 heteroatoms. The molecule has 0 radical (unpaired) electrons. The van der Waals surface area contributed by atoms with E-state index in [1.165, 1.54) is 16.7 Å². The van der Waals surface area contributed by atoms with Gasteiger partial charge in [-0.25, -0.2) is 0 Å². The number of hydrogen-bond donors (Lipinski definition) is 2. The summed E-state index contributed by atoms with van der Waals surface area (Å²) in [6.45, 7) is 7.41. The number of aliphatic hydroxyl groups is 1. The topological polar surface area (TPSA) is 44.7 Å². The Kier molecular flexibility index (Phi) is 4.44. The van der Waals surface area contributed by atoms with Gasteiger partial charge in [0.15, 0.2) is 0 Å². The molecule has 2 heterocycles. The van der Waals surface area contributed by atoms with Gasteiger partial charge >= 0.3 is 0 Å². The predicted molar refractivity (Wildman–Crippen MR) is 88.5 cm³/mol. The van der Waals surface area contributed by atoms with Crippen molar-refractivity contribution in [2.75, 3.05) is 33.3 Å². The Hall–Kier alpha value is -1.10. The number of rotatable bonds is 3. The van der Waals surface area contributed by atoms with Gasteiger partial charge in [-0.3, -0.25) is 0 Å². The number of benzene rings is 1. The van der Waals surface area contributed by atoms with E-state index in [-0.39, 0.29) is 6.04 Å². The molecule has 4 nitrogen and oxygen atoms in total. The van der Waals surface area contributed by atoms with Gasteiger partial charge in [0.2, 0.25) is 0 Å². The fourth-order valence-electron chi connectivity index (χ4n) is 3.79. The van der Waals surface area contributed by atoms with E-state index in [0.717, 1.165) is 44.7 Å². The van der Waals surface area contributed by atoms with Crippen molar-refractivity contribution >= 4 is 0 Å². The van der Waals surface area contributed by atoms with Gasteiger partial charge in [0.1, 0.15) is 5.75 Å². The van der Waals surface area contributed by atoms with Crippen molar-refractivity contribution in [3.63, 3.8) is 0 Å². The second-order valence-corrected chi connectivity index (χ2v) is 7.14. The van der Waals surface area contributed by atoms with Crippen LogP contribution in [0, 0.1) is 13.8 Å². The van der Waals surface area contributed by atoms with Crippen LogP contribution < -0.4 is 10.1 Å². The Morgan fingerprint density at radius 3 is 2.95 bits per heavy atom. The molecule has 0 amide bonds. The monoisotopic (exact) mass is 304 g/mol. The molecule has 2 aliphatic heterocycles. The zero-order valence-corrected chi connectivity index (χ0v) is 14.0. The first-order valence-electron chi connectivity index (χ1n) is 8.35. The summed E-state index contributed by atoms with van der Waals surface area (Å²) >= 11 is 0. The van der Waals surface area contributed by atoms with E-state index in [0.29, 0.717) is 6.54 Å². The van der Waals surface area contributed by atoms with Crippen LogP contribution in [0.1, 0.15) is 42.0 Å². The summed E-state index contributed by atoms with van der Waals surface area (Å²) in [6, 6.07) is 4.68. The number of likely N-dealkylation sites (tertiary alicyclic amines) is 1. The predicted octanol–water partition coefficient (Wildman–Crippen LogP) is 2.17. The summed E-state index contributed by atoms with van der Waals surface area (Å²) in [6.07, 6.45) is 2.95. The molecule has 1 aromatic carbocycles. The Balaban J connectivity index is 1.77. The van der Waals surface area contributed by atoms with Crippen molar-refractivity contribution in [1.29, 1.82) is 0 Å². The van der Waals surface area contributed by atoms with Crippen LogP contribution in [0.15, 0.2) is 12.1 Å². The minimum atomic E-state index is -0.596. The number of nitrogens with zero attached hydrogens (tertiary/aromatic N) is 1. The van der Waals surface area contributed by atoms with Crippen LogP contribution in [-0.4, -0.2) is 48.9 Å². The second kappa shape index (κ2) is 6.19. The molecule has 0 unspecified atom stereocenters. The van der Waals surface area contributed by atoms with Crippen LogP contribution in [0.3, 0.4) is 0 Å². The third-order valence-electron chi connectivity index (χ3n) is 4.91. The molecule has 22 heavy (non-hydrogen) atoms. The quantitative estimate of drug-likeness (QED) is 0.898. The van der Waals surface area contributed by atoms with Gasteiger partial charge < -0.3 is 20.1 Å². The van der Waals surface area contributed by atoms with Crippen LogP contribution in [0.25, 0.3) is 0 Å². The number of nitrogens with one attached hydrogen (secondary N) is 1. The van der Waals surface area contributed by atoms with Gasteiger partial charge in [0.25, 0.3) is 0 Å². The maximum Gasteiger partial charge on any atom is 0.126 e. The molecule has 1 fully saturated rings. The van der Waals surface area contributed by atoms with Crippen LogP contribution in [0.5, 0.6) is 5.75 Å². The van der Waals surface area contributed by atoms with Crippen molar-refractivity contribution in [3.8, 4) is 5.75 Å². The van der Waals surface area contributed by atoms with Crippen LogP contribution >= 0.6 is 0 Å². The SMILES string of the molecule is Cc1cc(C)c2c(c1)[C@@H](NC[C@@]1(O)CCN(C)C1)CCCO2. The molecule has 2 atom stereocenters. The smallest absolute Gasteiger partial charge is 0.126 e. The molecule has 0 aliphatic carbocycles. The normalized spacial score (nSPS) is 29.0. The maximum absolute atomic E-state index is 10.7. The summed E-state index contributed by atoms with van der Waals surface area (Å²) in [5, 5.41) is 14.3. The van der Waals surface area contributed by atoms with E-state index in [2.05, 4.69) is 43.2 Å². The number of hydrogen-bond acceptors (Lipinski definition) is 4. The van der Waals surface area contributed by atoms with E-state index >= 15 is 0 Å². The first kappa shape index (κ1) is 15.8. The fraction of sp³-hybridized carbons (Fsp3) is 0.667. The molecule has 3 rings (SSSR count). The molecule has 122 valence electrons. The van der Waals surface area contributed by atoms with E-state index in [1.807, 2.05) is 0 Å². The summed E-state index contributed by atoms with van der Waals surface area (Å²) in [5.41, 5.74) is 3.14. The summed E-state index contributed by atoms with van der Waals surface area (Å²) in [4.78, 5) is 2.19. The van der Waals surface area contributed by atoms with E-state index in [9.17, 15) is 5.11 Å². The number of β-amino-alcohol motifs (C(OH)–C–C–N with tert-alkyl or cyclic N) is 1. The highest BCUT2D eigenvalue weighted by atomic mass is 16.5. The lowest BCUT2D eigenvalue weighted by Gasteiger charge is -2.27. The molecule has 2 N–H and O–H groups in total. The summed E-state index contributed by atoms with van der Waals surface area (Å²) in [5.74, 6) is 1.04. The molecule has 1 aromatic rings. The van der Waals surface area contributed by atoms with Crippen LogP contribution in [0.2, 0.25) is 0 Å². The van der Waals surface area contributed by atoms with Gasteiger partial charge in [-0.1, -0.05) is 17.7 Å². The Bertz CT molecular complexity index is 546. The Morgan fingerprint density at radius 1 is 1.41 bits per heavy atom. The first-order valence-corrected chi connectivity index (χ1v) is 8.35. The van der Waals surface area contributed by atoms with E-state index in [4.69, 9.17) is 4.74 Å². The van der Waals surface area contributed by atoms with Crippen molar-refractivity contribution in [2.45, 2.75) is 44.8 Å². The van der Waals surface area contributed by atoms with Crippen molar-refractivity contribution in [3.05, 3.63) is 28.8 Å². The minimum absolute atomic E-state index is 0.269. The summed E-state index contributed by atoms with van der Waals surface area (Å²) in [7, 11) is 2.07. The van der Waals surface area contributed by atoms with Crippen molar-refractivity contribution in [2.24, 2.45) is 0 Å². The van der Waals surface area contributed by atoms with Gasteiger partial charge in [-0.15, -0.1) is 0 Å². The van der Waals surface area contributed by atoms with Gasteiger partial charge in [0.05, 0.1) is 12.2 Å². The van der Waals surface area contributed by atoms with Crippen LogP contribution in [0.4, 0.5) is 0 Å². The number of fused-ring (bicyclic) bond motifs is 1. The van der Waals surface area contributed by atoms with Crippen molar-refractivity contribution in [1.82, 2.24) is 10.2 Å². The van der Waals surface area contributed by atoms with Crippen LogP contribution in [-0.2, 0) is 0 Å². The lowest BCUT2D eigenvalue weighted by atomic mass is 9.96. The molecule has 0 saturated carbocycles. The zero-order chi connectivity index (χ0) is 15.7. The van der Waals surface area contributed by atoms with E-state index < -0.39 is 5.60 Å². The standard InChI is InChI=1S/C18H28N2O2/c1-13-9-14(2)17-15(10-13)16(5-4-8-22-17)19-11-18(21)6-7-20(3)12-18/h9-10,16,19,21H,4-8,11-12H2,1-3H3/t16-,18-/m0/s1. The second-order valence-electron chi connectivity index (χ2n) is 7.14. The first-order chi connectivity index (χ1) is 10.5. The molecule has 0 spiro atoms. The Labute approximate surface area is 133 Å². The highest BCUT2D eigenvalue weighted by Gasteiger charge is 2.35. The lowest BCUT2D eigenvalue weighted by molar-refractivity contribution is 0.0486. The average molecular weight is 304 g/mol. The van der Waals surface area contributed by atoms with Gasteiger partial charge in [-0.05, 0) is 45.7 Å². The third-order valence-corrected chi connectivity index (χ3v) is 4.91. The molecule has 0 aromatic heterocycles. The molecule has 0 bridgehead atoms. The highest BCUT2D eigenvalue weighted by Crippen LogP contribution is 2.35. The molecular weight excluding hydrogens is 276 g/mol. The zero-order valence-electron chi connectivity index (χ0n) is 14.0. The number of ether oxygens (including phenoxy) is 1. The summed E-state index contributed by atoms with van der Waals surface area (Å²) < 4.78 is 5.97.